The number of carbonyl (C=O) groups is 3. The average molecular weight is 904 g/mol. The fraction of sp³-hybridized carbons (Fsp3) is 0.947. The number of carbonyl (C=O) groups excluding carboxylic acids is 3. The summed E-state index contributed by atoms with van der Waals surface area (Å²) in [5.41, 5.74) is 0. The first kappa shape index (κ1) is 60.4. The fourth-order valence-corrected chi connectivity index (χ4v) is 9.86. The molecule has 7 heteroatoms. The molecule has 3 unspecified atom stereocenters. The minimum absolute atomic E-state index is 0.0118. The molecule has 378 valence electrons. The van der Waals surface area contributed by atoms with Crippen molar-refractivity contribution < 1.29 is 28.6 Å². The highest BCUT2D eigenvalue weighted by atomic mass is 16.5. The predicted octanol–water partition coefficient (Wildman–Crippen LogP) is 16.7. The van der Waals surface area contributed by atoms with Crippen LogP contribution < -0.4 is 0 Å². The Kier molecular flexibility index (Phi) is 42.6. The molecule has 7 nitrogen and oxygen atoms in total. The molecule has 64 heavy (non-hydrogen) atoms. The summed E-state index contributed by atoms with van der Waals surface area (Å²) < 4.78 is 17.3. The molecule has 0 aliphatic carbocycles. The lowest BCUT2D eigenvalue weighted by molar-refractivity contribution is -0.151. The maximum Gasteiger partial charge on any atom is 0.309 e. The lowest BCUT2D eigenvalue weighted by Gasteiger charge is -2.28. The Morgan fingerprint density at radius 2 is 0.750 bits per heavy atom. The number of ether oxygens (including phenoxy) is 3. The van der Waals surface area contributed by atoms with Crippen molar-refractivity contribution in [1.82, 2.24) is 4.90 Å². The number of nitrogens with zero attached hydrogens (tertiary/aromatic N) is 1. The maximum absolute atomic E-state index is 13.0. The summed E-state index contributed by atoms with van der Waals surface area (Å²) in [6.07, 6.45) is 46.9. The Bertz CT molecular complexity index is 1040. The minimum atomic E-state index is -0.0187. The molecule has 1 saturated heterocycles. The van der Waals surface area contributed by atoms with Crippen LogP contribution in [0.15, 0.2) is 0 Å². The molecule has 1 fully saturated rings. The molecule has 0 radical (unpaired) electrons. The van der Waals surface area contributed by atoms with Crippen molar-refractivity contribution in [1.29, 1.82) is 0 Å². The van der Waals surface area contributed by atoms with Gasteiger partial charge in [-0.15, -0.1) is 0 Å². The van der Waals surface area contributed by atoms with Crippen molar-refractivity contribution in [3.8, 4) is 0 Å². The molecule has 0 bridgehead atoms. The largest absolute Gasteiger partial charge is 0.466 e. The van der Waals surface area contributed by atoms with Crippen molar-refractivity contribution in [2.75, 3.05) is 40.0 Å². The number of esters is 3. The molecule has 0 amide bonds. The zero-order chi connectivity index (χ0) is 46.6. The van der Waals surface area contributed by atoms with Gasteiger partial charge in [-0.2, -0.15) is 0 Å². The van der Waals surface area contributed by atoms with E-state index in [2.05, 4.69) is 39.6 Å². The summed E-state index contributed by atoms with van der Waals surface area (Å²) in [5.74, 6) is 1.94. The second-order valence-corrected chi connectivity index (χ2v) is 20.5. The van der Waals surface area contributed by atoms with Gasteiger partial charge >= 0.3 is 17.9 Å². The van der Waals surface area contributed by atoms with Gasteiger partial charge in [-0.3, -0.25) is 14.4 Å². The summed E-state index contributed by atoms with van der Waals surface area (Å²) in [4.78, 5) is 40.2. The molecular formula is C57H109NO6. The maximum atomic E-state index is 13.0. The number of hydrogen-bond donors (Lipinski definition) is 0. The predicted molar refractivity (Wildman–Crippen MR) is 272 cm³/mol. The average Bonchev–Trinajstić information content (AvgIpc) is 3.29. The third-order valence-electron chi connectivity index (χ3n) is 14.4. The van der Waals surface area contributed by atoms with Crippen LogP contribution in [0.3, 0.4) is 0 Å². The Balaban J connectivity index is 2.30. The topological polar surface area (TPSA) is 82.1 Å². The molecule has 1 aliphatic heterocycles. The second kappa shape index (κ2) is 45.2. The Morgan fingerprint density at radius 3 is 1.22 bits per heavy atom. The van der Waals surface area contributed by atoms with Crippen LogP contribution >= 0.6 is 0 Å². The molecule has 0 aromatic heterocycles. The second-order valence-electron chi connectivity index (χ2n) is 20.5. The van der Waals surface area contributed by atoms with Crippen molar-refractivity contribution in [3.63, 3.8) is 0 Å². The van der Waals surface area contributed by atoms with Crippen LogP contribution in [-0.2, 0) is 28.6 Å². The van der Waals surface area contributed by atoms with Crippen LogP contribution in [0.25, 0.3) is 0 Å². The van der Waals surface area contributed by atoms with Crippen LogP contribution in [0.1, 0.15) is 285 Å². The summed E-state index contributed by atoms with van der Waals surface area (Å²) in [6, 6.07) is 0. The highest BCUT2D eigenvalue weighted by Crippen LogP contribution is 2.25. The molecule has 0 aromatic rings. The molecule has 0 aromatic carbocycles. The van der Waals surface area contributed by atoms with E-state index < -0.39 is 0 Å². The van der Waals surface area contributed by atoms with Crippen LogP contribution in [0.5, 0.6) is 0 Å². The van der Waals surface area contributed by atoms with Gasteiger partial charge in [0, 0.05) is 12.8 Å². The number of rotatable bonds is 47. The number of piperidine rings is 1. The van der Waals surface area contributed by atoms with Crippen LogP contribution in [-0.4, -0.2) is 62.8 Å². The standard InChI is InChI=1S/C57H109NO6/c1-6-10-14-19-27-36-51(34-25-12-8-3)40-33-48-62-55(59)41-31-23-17-16-21-29-38-53(50-64-57(61)54-43-46-58(5)47-44-54)39-30-22-18-24-32-42-56(60)63-49-45-52(35-26-13-9-4)37-28-20-15-11-7-2/h51-54H,6-50H2,1-5H3. The molecule has 1 heterocycles. The first-order valence-electron chi connectivity index (χ1n) is 28.5. The van der Waals surface area contributed by atoms with Gasteiger partial charge in [-0.05, 0) is 95.7 Å². The summed E-state index contributed by atoms with van der Waals surface area (Å²) in [5, 5.41) is 0. The highest BCUT2D eigenvalue weighted by molar-refractivity contribution is 5.72. The van der Waals surface area contributed by atoms with E-state index in [-0.39, 0.29) is 23.8 Å². The molecule has 3 atom stereocenters. The smallest absolute Gasteiger partial charge is 0.309 e. The third kappa shape index (κ3) is 37.5. The summed E-state index contributed by atoms with van der Waals surface area (Å²) in [7, 11) is 2.13. The van der Waals surface area contributed by atoms with Gasteiger partial charge < -0.3 is 19.1 Å². The van der Waals surface area contributed by atoms with Gasteiger partial charge in [0.05, 0.1) is 25.7 Å². The Morgan fingerprint density at radius 1 is 0.406 bits per heavy atom. The molecule has 1 rings (SSSR count). The zero-order valence-corrected chi connectivity index (χ0v) is 43.5. The molecule has 0 saturated carbocycles. The summed E-state index contributed by atoms with van der Waals surface area (Å²) >= 11 is 0. The monoisotopic (exact) mass is 904 g/mol. The first-order valence-corrected chi connectivity index (χ1v) is 28.5. The summed E-state index contributed by atoms with van der Waals surface area (Å²) in [6.45, 7) is 12.8. The van der Waals surface area contributed by atoms with E-state index in [1.807, 2.05) is 0 Å². The SMILES string of the molecule is CCCCCCCC(CCCCC)CCCOC(=O)CCCCCCCCC(CCCCCCCC(=O)OCCC(CCCCC)CCCCCCC)COC(=O)C1CCN(C)CC1. The van der Waals surface area contributed by atoms with Crippen molar-refractivity contribution in [3.05, 3.63) is 0 Å². The van der Waals surface area contributed by atoms with E-state index in [1.165, 1.54) is 148 Å². The van der Waals surface area contributed by atoms with Gasteiger partial charge in [0.2, 0.25) is 0 Å². The number of unbranched alkanes of at least 4 members (excludes halogenated alkanes) is 21. The van der Waals surface area contributed by atoms with E-state index in [0.29, 0.717) is 44.5 Å². The van der Waals surface area contributed by atoms with E-state index in [1.54, 1.807) is 0 Å². The van der Waals surface area contributed by atoms with E-state index in [4.69, 9.17) is 14.2 Å². The number of hydrogen-bond acceptors (Lipinski definition) is 7. The van der Waals surface area contributed by atoms with Gasteiger partial charge in [0.1, 0.15) is 0 Å². The molecular weight excluding hydrogens is 795 g/mol. The van der Waals surface area contributed by atoms with Crippen LogP contribution in [0.2, 0.25) is 0 Å². The molecule has 1 aliphatic rings. The van der Waals surface area contributed by atoms with E-state index in [9.17, 15) is 14.4 Å². The zero-order valence-electron chi connectivity index (χ0n) is 43.5. The van der Waals surface area contributed by atoms with Gasteiger partial charge in [0.15, 0.2) is 0 Å². The Hall–Kier alpha value is -1.63. The minimum Gasteiger partial charge on any atom is -0.466 e. The van der Waals surface area contributed by atoms with Crippen LogP contribution in [0, 0.1) is 23.7 Å². The normalized spacial score (nSPS) is 15.0. The lowest BCUT2D eigenvalue weighted by atomic mass is 9.91. The number of likely N-dealkylation sites (tertiary alicyclic amines) is 1. The lowest BCUT2D eigenvalue weighted by Crippen LogP contribution is -2.34. The first-order chi connectivity index (χ1) is 31.3. The molecule has 0 N–H and O–H groups in total. The van der Waals surface area contributed by atoms with E-state index >= 15 is 0 Å². The highest BCUT2D eigenvalue weighted by Gasteiger charge is 2.25. The Labute approximate surface area is 398 Å². The third-order valence-corrected chi connectivity index (χ3v) is 14.4. The quantitative estimate of drug-likeness (QED) is 0.0342. The van der Waals surface area contributed by atoms with Crippen molar-refractivity contribution >= 4 is 17.9 Å². The fourth-order valence-electron chi connectivity index (χ4n) is 9.86. The van der Waals surface area contributed by atoms with Gasteiger partial charge in [-0.1, -0.05) is 214 Å². The van der Waals surface area contributed by atoms with Gasteiger partial charge in [-0.25, -0.2) is 0 Å². The van der Waals surface area contributed by atoms with Crippen molar-refractivity contribution in [2.45, 2.75) is 285 Å². The van der Waals surface area contributed by atoms with Gasteiger partial charge in [0.25, 0.3) is 0 Å². The van der Waals surface area contributed by atoms with E-state index in [0.717, 1.165) is 115 Å². The van der Waals surface area contributed by atoms with Crippen LogP contribution in [0.4, 0.5) is 0 Å². The van der Waals surface area contributed by atoms with Crippen molar-refractivity contribution in [2.24, 2.45) is 23.7 Å². The molecule has 0 spiro atoms.